The molecule has 1 heterocycles. The van der Waals surface area contributed by atoms with E-state index in [2.05, 4.69) is 36.3 Å². The predicted molar refractivity (Wildman–Crippen MR) is 117 cm³/mol. The summed E-state index contributed by atoms with van der Waals surface area (Å²) >= 11 is 0. The molecule has 0 bridgehead atoms. The van der Waals surface area contributed by atoms with Crippen LogP contribution >= 0.6 is 0 Å². The van der Waals surface area contributed by atoms with E-state index in [4.69, 9.17) is 9.47 Å². The van der Waals surface area contributed by atoms with E-state index in [0.717, 1.165) is 5.56 Å². The fraction of sp³-hybridized carbons (Fsp3) is 0.292. The van der Waals surface area contributed by atoms with Crippen molar-refractivity contribution in [1.82, 2.24) is 15.5 Å². The van der Waals surface area contributed by atoms with E-state index in [-0.39, 0.29) is 30.4 Å². The number of benzene rings is 2. The highest BCUT2D eigenvalue weighted by atomic mass is 19.1. The molecule has 3 aromatic rings. The molecule has 0 spiro atoms. The number of halogens is 1. The average molecular weight is 423 g/mol. The number of carbonyl (C=O) groups excluding carboxylic acids is 1. The molecular weight excluding hydrogens is 397 g/mol. The first-order valence-electron chi connectivity index (χ1n) is 10.0. The third kappa shape index (κ3) is 6.77. The van der Waals surface area contributed by atoms with E-state index in [1.54, 1.807) is 24.3 Å². The van der Waals surface area contributed by atoms with Crippen molar-refractivity contribution in [2.75, 3.05) is 19.8 Å². The van der Waals surface area contributed by atoms with Gasteiger partial charge in [-0.3, -0.25) is 4.79 Å². The van der Waals surface area contributed by atoms with E-state index >= 15 is 0 Å². The summed E-state index contributed by atoms with van der Waals surface area (Å²) in [5, 5.41) is 10.8. The minimum atomic E-state index is -0.303. The van der Waals surface area contributed by atoms with Gasteiger partial charge < -0.3 is 14.8 Å². The van der Waals surface area contributed by atoms with E-state index in [1.165, 1.54) is 17.7 Å². The zero-order chi connectivity index (χ0) is 22.3. The maximum Gasteiger partial charge on any atom is 0.258 e. The van der Waals surface area contributed by atoms with Gasteiger partial charge in [0.15, 0.2) is 6.61 Å². The number of aromatic nitrogens is 2. The molecule has 0 radical (unpaired) electrons. The second-order valence-electron chi connectivity index (χ2n) is 8.03. The zero-order valence-electron chi connectivity index (χ0n) is 17.9. The molecule has 0 unspecified atom stereocenters. The number of ether oxygens (including phenoxy) is 2. The van der Waals surface area contributed by atoms with E-state index in [0.29, 0.717) is 23.9 Å². The normalized spacial score (nSPS) is 11.1. The van der Waals surface area contributed by atoms with Crippen molar-refractivity contribution in [3.05, 3.63) is 72.0 Å². The highest BCUT2D eigenvalue weighted by Gasteiger charge is 2.13. The second kappa shape index (κ2) is 10.0. The Hall–Kier alpha value is -3.48. The molecule has 0 saturated carbocycles. The Bertz CT molecular complexity index is 983. The number of rotatable bonds is 8. The fourth-order valence-corrected chi connectivity index (χ4v) is 2.77. The van der Waals surface area contributed by atoms with Gasteiger partial charge in [-0.1, -0.05) is 32.9 Å². The van der Waals surface area contributed by atoms with Gasteiger partial charge in [-0.05, 0) is 53.4 Å². The van der Waals surface area contributed by atoms with Crippen LogP contribution in [0.2, 0.25) is 0 Å². The molecular formula is C24H26FN3O3. The van der Waals surface area contributed by atoms with Crippen LogP contribution in [0.15, 0.2) is 60.7 Å². The van der Waals surface area contributed by atoms with Crippen molar-refractivity contribution in [3.63, 3.8) is 0 Å². The number of carbonyl (C=O) groups is 1. The Kier molecular flexibility index (Phi) is 7.18. The summed E-state index contributed by atoms with van der Waals surface area (Å²) in [6.45, 7) is 6.92. The molecule has 0 aliphatic heterocycles. The first kappa shape index (κ1) is 22.2. The van der Waals surface area contributed by atoms with Crippen LogP contribution < -0.4 is 14.8 Å². The molecule has 6 nitrogen and oxygen atoms in total. The number of nitrogens with zero attached hydrogens (tertiary/aromatic N) is 2. The summed E-state index contributed by atoms with van der Waals surface area (Å²) in [6.07, 6.45) is 0. The highest BCUT2D eigenvalue weighted by Crippen LogP contribution is 2.24. The minimum absolute atomic E-state index is 0.0684. The molecule has 1 aromatic heterocycles. The lowest BCUT2D eigenvalue weighted by atomic mass is 9.87. The van der Waals surface area contributed by atoms with Gasteiger partial charge in [-0.25, -0.2) is 4.39 Å². The molecule has 0 saturated heterocycles. The number of nitrogens with one attached hydrogen (secondary N) is 1. The lowest BCUT2D eigenvalue weighted by Crippen LogP contribution is -2.32. The quantitative estimate of drug-likeness (QED) is 0.551. The lowest BCUT2D eigenvalue weighted by molar-refractivity contribution is -0.123. The van der Waals surface area contributed by atoms with Crippen molar-refractivity contribution < 1.29 is 18.7 Å². The maximum atomic E-state index is 13.0. The summed E-state index contributed by atoms with van der Waals surface area (Å²) < 4.78 is 24.0. The summed E-state index contributed by atoms with van der Waals surface area (Å²) in [5.74, 6) is 0.454. The Morgan fingerprint density at radius 2 is 1.65 bits per heavy atom. The lowest BCUT2D eigenvalue weighted by Gasteiger charge is -2.19. The first-order valence-corrected chi connectivity index (χ1v) is 10.0. The Morgan fingerprint density at radius 3 is 2.26 bits per heavy atom. The van der Waals surface area contributed by atoms with Crippen LogP contribution in [0.5, 0.6) is 11.6 Å². The van der Waals surface area contributed by atoms with Crippen molar-refractivity contribution in [2.45, 2.75) is 26.2 Å². The standard InChI is InChI=1S/C24H26FN3O3/c1-24(2,3)18-6-10-20(11-7-18)31-16-22(29)26-14-15-30-23-13-12-21(27-28-23)17-4-8-19(25)9-5-17/h4-13H,14-16H2,1-3H3,(H,26,29). The molecule has 3 rings (SSSR count). The topological polar surface area (TPSA) is 73.3 Å². The molecule has 2 aromatic carbocycles. The molecule has 1 N–H and O–H groups in total. The predicted octanol–water partition coefficient (Wildman–Crippen LogP) is 4.15. The summed E-state index contributed by atoms with van der Waals surface area (Å²) in [7, 11) is 0. The third-order valence-electron chi connectivity index (χ3n) is 4.54. The smallest absolute Gasteiger partial charge is 0.258 e. The van der Waals surface area contributed by atoms with Gasteiger partial charge in [0, 0.05) is 11.6 Å². The minimum Gasteiger partial charge on any atom is -0.484 e. The third-order valence-corrected chi connectivity index (χ3v) is 4.54. The van der Waals surface area contributed by atoms with Crippen molar-refractivity contribution >= 4 is 5.91 Å². The average Bonchev–Trinajstić information content (AvgIpc) is 2.76. The molecule has 0 fully saturated rings. The molecule has 162 valence electrons. The summed E-state index contributed by atoms with van der Waals surface area (Å²) in [6, 6.07) is 17.2. The Labute approximate surface area is 181 Å². The zero-order valence-corrected chi connectivity index (χ0v) is 17.9. The van der Waals surface area contributed by atoms with Crippen LogP contribution in [0.4, 0.5) is 4.39 Å². The Morgan fingerprint density at radius 1 is 0.935 bits per heavy atom. The van der Waals surface area contributed by atoms with Crippen molar-refractivity contribution in [3.8, 4) is 22.9 Å². The highest BCUT2D eigenvalue weighted by molar-refractivity contribution is 5.77. The molecule has 0 aliphatic rings. The van der Waals surface area contributed by atoms with Gasteiger partial charge >= 0.3 is 0 Å². The molecule has 0 atom stereocenters. The number of amides is 1. The molecule has 0 aliphatic carbocycles. The van der Waals surface area contributed by atoms with Gasteiger partial charge in [-0.2, -0.15) is 0 Å². The monoisotopic (exact) mass is 423 g/mol. The van der Waals surface area contributed by atoms with Gasteiger partial charge in [0.2, 0.25) is 5.88 Å². The summed E-state index contributed by atoms with van der Waals surface area (Å²) in [5.41, 5.74) is 2.66. The number of hydrogen-bond donors (Lipinski definition) is 1. The molecule has 1 amide bonds. The van der Waals surface area contributed by atoms with Gasteiger partial charge in [0.05, 0.1) is 12.2 Å². The Balaban J connectivity index is 1.36. The van der Waals surface area contributed by atoms with Crippen LogP contribution in [0.3, 0.4) is 0 Å². The molecule has 7 heteroatoms. The van der Waals surface area contributed by atoms with Crippen molar-refractivity contribution in [1.29, 1.82) is 0 Å². The van der Waals surface area contributed by atoms with E-state index in [1.807, 2.05) is 24.3 Å². The van der Waals surface area contributed by atoms with E-state index in [9.17, 15) is 9.18 Å². The second-order valence-corrected chi connectivity index (χ2v) is 8.03. The van der Waals surface area contributed by atoms with Crippen LogP contribution in [0, 0.1) is 5.82 Å². The van der Waals surface area contributed by atoms with Gasteiger partial charge in [-0.15, -0.1) is 10.2 Å². The number of hydrogen-bond acceptors (Lipinski definition) is 5. The van der Waals surface area contributed by atoms with Gasteiger partial charge in [0.1, 0.15) is 18.2 Å². The summed E-state index contributed by atoms with van der Waals surface area (Å²) in [4.78, 5) is 11.9. The van der Waals surface area contributed by atoms with Crippen LogP contribution in [-0.2, 0) is 10.2 Å². The largest absolute Gasteiger partial charge is 0.484 e. The first-order chi connectivity index (χ1) is 14.8. The maximum absolute atomic E-state index is 13.0. The van der Waals surface area contributed by atoms with Crippen LogP contribution in [0.25, 0.3) is 11.3 Å². The van der Waals surface area contributed by atoms with Crippen LogP contribution in [-0.4, -0.2) is 35.9 Å². The SMILES string of the molecule is CC(C)(C)c1ccc(OCC(=O)NCCOc2ccc(-c3ccc(F)cc3)nn2)cc1. The molecule has 31 heavy (non-hydrogen) atoms. The van der Waals surface area contributed by atoms with E-state index < -0.39 is 0 Å². The van der Waals surface area contributed by atoms with Gasteiger partial charge in [0.25, 0.3) is 5.91 Å². The van der Waals surface area contributed by atoms with Crippen LogP contribution in [0.1, 0.15) is 26.3 Å². The van der Waals surface area contributed by atoms with Crippen molar-refractivity contribution in [2.24, 2.45) is 0 Å². The fourth-order valence-electron chi connectivity index (χ4n) is 2.77.